The summed E-state index contributed by atoms with van der Waals surface area (Å²) in [7, 11) is 0. The van der Waals surface area contributed by atoms with Gasteiger partial charge in [-0.2, -0.15) is 0 Å². The van der Waals surface area contributed by atoms with Crippen LogP contribution in [0.3, 0.4) is 0 Å². The third-order valence-electron chi connectivity index (χ3n) is 5.30. The van der Waals surface area contributed by atoms with Crippen LogP contribution in [0.2, 0.25) is 0 Å². The zero-order valence-electron chi connectivity index (χ0n) is 21.7. The lowest BCUT2D eigenvalue weighted by Gasteiger charge is -2.09. The summed E-state index contributed by atoms with van der Waals surface area (Å²) >= 11 is 0. The van der Waals surface area contributed by atoms with Crippen LogP contribution in [0, 0.1) is 0 Å². The zero-order valence-corrected chi connectivity index (χ0v) is 16.7. The van der Waals surface area contributed by atoms with Crippen molar-refractivity contribution in [2.24, 2.45) is 0 Å². The van der Waals surface area contributed by atoms with E-state index in [1.807, 2.05) is 37.3 Å². The van der Waals surface area contributed by atoms with Crippen molar-refractivity contribution in [3.63, 3.8) is 0 Å². The van der Waals surface area contributed by atoms with Crippen molar-refractivity contribution >= 4 is 27.5 Å². The number of fused-ring (bicyclic) bond motifs is 2. The molecule has 148 valence electrons. The van der Waals surface area contributed by atoms with Gasteiger partial charge in [0.1, 0.15) is 0 Å². The minimum Gasteiger partial charge on any atom is -0.393 e. The molecule has 1 aromatic heterocycles. The number of ketones is 1. The maximum absolute atomic E-state index is 13.9. The normalized spacial score (nSPS) is 14.9. The summed E-state index contributed by atoms with van der Waals surface area (Å²) in [6.45, 7) is 3.97. The van der Waals surface area contributed by atoms with Crippen LogP contribution in [0.15, 0.2) is 66.7 Å². The first-order chi connectivity index (χ1) is 16.2. The number of aliphatic hydroxyl groups is 1. The van der Waals surface area contributed by atoms with Gasteiger partial charge in [0.05, 0.1) is 13.0 Å². The Labute approximate surface area is 178 Å². The van der Waals surface area contributed by atoms with Crippen molar-refractivity contribution in [3.8, 4) is 0 Å². The number of hydrogen-bond donors (Lipinski definition) is 1. The first-order valence-corrected chi connectivity index (χ1v) is 10.0. The molecule has 3 nitrogen and oxygen atoms in total. The van der Waals surface area contributed by atoms with Crippen LogP contribution in [0.1, 0.15) is 55.0 Å². The largest absolute Gasteiger partial charge is 0.393 e. The van der Waals surface area contributed by atoms with Crippen LogP contribution in [-0.2, 0) is 13.0 Å². The van der Waals surface area contributed by atoms with E-state index in [0.717, 1.165) is 22.8 Å². The molecule has 0 fully saturated rings. The Morgan fingerprint density at radius 2 is 1.83 bits per heavy atom. The average molecular weight is 391 g/mol. The van der Waals surface area contributed by atoms with E-state index >= 15 is 0 Å². The Hall–Kier alpha value is -2.91. The van der Waals surface area contributed by atoms with Gasteiger partial charge in [0.2, 0.25) is 0 Å². The number of aliphatic hydroxyl groups excluding tert-OH is 1. The highest BCUT2D eigenvalue weighted by Crippen LogP contribution is 2.29. The van der Waals surface area contributed by atoms with Crippen molar-refractivity contribution in [1.82, 2.24) is 4.57 Å². The van der Waals surface area contributed by atoms with Crippen molar-refractivity contribution < 1.29 is 16.8 Å². The Balaban J connectivity index is 2.01. The van der Waals surface area contributed by atoms with E-state index in [9.17, 15) is 9.90 Å². The summed E-state index contributed by atoms with van der Waals surface area (Å²) < 4.78 is 43.6. The van der Waals surface area contributed by atoms with Crippen LogP contribution in [0.25, 0.3) is 21.7 Å². The fourth-order valence-electron chi connectivity index (χ4n) is 3.82. The number of aryl methyl sites for hydroxylation is 2. The summed E-state index contributed by atoms with van der Waals surface area (Å²) in [6.07, 6.45) is 1.10. The molecule has 3 aromatic carbocycles. The predicted octanol–water partition coefficient (Wildman–Crippen LogP) is 5.75. The van der Waals surface area contributed by atoms with Gasteiger partial charge in [0.15, 0.2) is 5.78 Å². The zero-order chi connectivity index (χ0) is 24.7. The molecule has 1 heterocycles. The van der Waals surface area contributed by atoms with Gasteiger partial charge in [-0.3, -0.25) is 4.79 Å². The van der Waals surface area contributed by atoms with Gasteiger partial charge in [-0.05, 0) is 48.6 Å². The molecule has 0 radical (unpaired) electrons. The van der Waals surface area contributed by atoms with Crippen LogP contribution in [0.4, 0.5) is 0 Å². The molecule has 0 aliphatic carbocycles. The van der Waals surface area contributed by atoms with Crippen molar-refractivity contribution in [1.29, 1.82) is 0 Å². The number of hydrogen-bond acceptors (Lipinski definition) is 2. The molecule has 0 spiro atoms. The third-order valence-corrected chi connectivity index (χ3v) is 5.30. The Kier molecular flexibility index (Phi) is 4.01. The molecule has 0 aliphatic heterocycles. The van der Waals surface area contributed by atoms with Gasteiger partial charge >= 0.3 is 0 Å². The molecule has 1 N–H and O–H groups in total. The second-order valence-corrected chi connectivity index (χ2v) is 7.35. The highest BCUT2D eigenvalue weighted by molar-refractivity contribution is 6.21. The van der Waals surface area contributed by atoms with Crippen molar-refractivity contribution in [2.75, 3.05) is 0 Å². The Bertz CT molecular complexity index is 1420. The Morgan fingerprint density at radius 1 is 1.07 bits per heavy atom. The summed E-state index contributed by atoms with van der Waals surface area (Å²) in [5, 5.41) is 11.4. The quantitative estimate of drug-likeness (QED) is 0.408. The topological polar surface area (TPSA) is 42.2 Å². The summed E-state index contributed by atoms with van der Waals surface area (Å²) in [5.41, 5.74) is 1.63. The molecule has 1 atom stereocenters. The van der Waals surface area contributed by atoms with E-state index in [1.165, 1.54) is 4.57 Å². The summed E-state index contributed by atoms with van der Waals surface area (Å²) in [6, 6.07) is 9.80. The molecule has 1 unspecified atom stereocenters. The Morgan fingerprint density at radius 3 is 2.59 bits per heavy atom. The predicted molar refractivity (Wildman–Crippen MR) is 120 cm³/mol. The molecule has 4 rings (SSSR count). The van der Waals surface area contributed by atoms with Crippen LogP contribution >= 0.6 is 0 Å². The number of aromatic nitrogens is 1. The summed E-state index contributed by atoms with van der Waals surface area (Å²) in [5.74, 6) is -0.437. The van der Waals surface area contributed by atoms with E-state index in [1.54, 1.807) is 13.0 Å². The first kappa shape index (κ1) is 14.1. The molecule has 0 amide bonds. The number of rotatable bonds is 7. The minimum absolute atomic E-state index is 0.0200. The van der Waals surface area contributed by atoms with Gasteiger partial charge in [-0.1, -0.05) is 61.4 Å². The summed E-state index contributed by atoms with van der Waals surface area (Å²) in [4.78, 5) is 13.9. The number of carbonyl (C=O) groups is 1. The van der Waals surface area contributed by atoms with Gasteiger partial charge in [-0.15, -0.1) is 0 Å². The highest BCUT2D eigenvalue weighted by Gasteiger charge is 2.19. The maximum Gasteiger partial charge on any atom is 0.195 e. The van der Waals surface area contributed by atoms with Gasteiger partial charge in [0, 0.05) is 34.7 Å². The van der Waals surface area contributed by atoms with E-state index < -0.39 is 24.0 Å². The minimum atomic E-state index is -0.533. The first-order valence-electron chi connectivity index (χ1n) is 12.5. The molecule has 3 heteroatoms. The number of carbonyl (C=O) groups excluding carboxylic acids is 1. The van der Waals surface area contributed by atoms with Crippen LogP contribution in [-0.4, -0.2) is 21.6 Å². The lowest BCUT2D eigenvalue weighted by Crippen LogP contribution is -2.04. The van der Waals surface area contributed by atoms with Crippen LogP contribution in [0.5, 0.6) is 0 Å². The molecule has 4 aromatic rings. The second-order valence-electron chi connectivity index (χ2n) is 7.35. The highest BCUT2D eigenvalue weighted by atomic mass is 16.3. The van der Waals surface area contributed by atoms with Crippen molar-refractivity contribution in [2.45, 2.75) is 45.8 Å². The molecular weight excluding hydrogens is 358 g/mol. The average Bonchev–Trinajstić information content (AvgIpc) is 3.12. The van der Waals surface area contributed by atoms with E-state index in [0.29, 0.717) is 18.4 Å². The number of nitrogens with zero attached hydrogens (tertiary/aromatic N) is 1. The molecule has 29 heavy (non-hydrogen) atoms. The smallest absolute Gasteiger partial charge is 0.195 e. The van der Waals surface area contributed by atoms with E-state index in [2.05, 4.69) is 0 Å². The van der Waals surface area contributed by atoms with Gasteiger partial charge < -0.3 is 9.67 Å². The molecule has 0 saturated heterocycles. The maximum atomic E-state index is 13.9. The monoisotopic (exact) mass is 390 g/mol. The van der Waals surface area contributed by atoms with Gasteiger partial charge in [0.25, 0.3) is 0 Å². The van der Waals surface area contributed by atoms with Gasteiger partial charge in [-0.25, -0.2) is 0 Å². The van der Waals surface area contributed by atoms with E-state index in [4.69, 9.17) is 6.85 Å². The van der Waals surface area contributed by atoms with Crippen molar-refractivity contribution in [3.05, 3.63) is 83.4 Å². The third kappa shape index (κ3) is 3.70. The lowest BCUT2D eigenvalue weighted by molar-refractivity contribution is 0.104. The van der Waals surface area contributed by atoms with E-state index in [-0.39, 0.29) is 41.3 Å². The SMILES string of the molecule is [2H]c1c([2H])c([2H])c2c(c1[2H])c(C(=O)c1ccc(CC)c3ccccc13)c([2H])n2CCCC(C)O. The molecular formula is C26H27NO2. The fourth-order valence-corrected chi connectivity index (χ4v) is 3.82. The molecule has 0 aliphatic rings. The number of para-hydroxylation sites is 1. The molecule has 0 saturated carbocycles. The second kappa shape index (κ2) is 8.22. The molecule has 0 bridgehead atoms. The fraction of sp³-hybridized carbons (Fsp3) is 0.269. The number of benzene rings is 3. The van der Waals surface area contributed by atoms with Crippen LogP contribution < -0.4 is 0 Å². The lowest BCUT2D eigenvalue weighted by atomic mass is 9.93. The standard InChI is InChI=1S/C26H27NO2/c1-3-19-14-15-23(21-11-5-4-10-20(19)21)26(29)24-17-27(16-8-9-18(2)28)25-13-7-6-12-22(24)25/h4-7,10-15,17-18,28H,3,8-9,16H2,1-2H3/i6D,7D,12D,13D,17D.